The van der Waals surface area contributed by atoms with E-state index < -0.39 is 12.1 Å². The summed E-state index contributed by atoms with van der Waals surface area (Å²) in [6.45, 7) is 3.84. The number of likely N-dealkylation sites (tertiary alicyclic amines) is 1. The molecule has 1 heterocycles. The fraction of sp³-hybridized carbons (Fsp3) is 0.895. The average molecular weight is 357 g/mol. The second-order valence-corrected chi connectivity index (χ2v) is 7.00. The molecule has 25 heavy (non-hydrogen) atoms. The first-order valence-electron chi connectivity index (χ1n) is 9.81. The smallest absolute Gasteiger partial charge is 0.303 e. The SMILES string of the molecule is CCCOCC(O)CC[C@H]1CCCC(=O)N1CCCCCCC(=O)O. The van der Waals surface area contributed by atoms with E-state index in [0.29, 0.717) is 32.5 Å². The van der Waals surface area contributed by atoms with Crippen LogP contribution in [0.4, 0.5) is 0 Å². The van der Waals surface area contributed by atoms with Crippen LogP contribution in [0.25, 0.3) is 0 Å². The Kier molecular flexibility index (Phi) is 11.5. The zero-order valence-corrected chi connectivity index (χ0v) is 15.6. The van der Waals surface area contributed by atoms with E-state index in [4.69, 9.17) is 9.84 Å². The van der Waals surface area contributed by atoms with Gasteiger partial charge in [0.25, 0.3) is 0 Å². The summed E-state index contributed by atoms with van der Waals surface area (Å²) in [5.41, 5.74) is 0. The average Bonchev–Trinajstić information content (AvgIpc) is 2.57. The Morgan fingerprint density at radius 2 is 2.08 bits per heavy atom. The quantitative estimate of drug-likeness (QED) is 0.467. The first-order chi connectivity index (χ1) is 12.0. The van der Waals surface area contributed by atoms with Gasteiger partial charge < -0.3 is 19.8 Å². The van der Waals surface area contributed by atoms with Crippen molar-refractivity contribution in [2.24, 2.45) is 0 Å². The number of hydrogen-bond donors (Lipinski definition) is 2. The van der Waals surface area contributed by atoms with Crippen LogP contribution in [0.2, 0.25) is 0 Å². The minimum Gasteiger partial charge on any atom is -0.481 e. The summed E-state index contributed by atoms with van der Waals surface area (Å²) in [7, 11) is 0. The molecule has 1 unspecified atom stereocenters. The number of carbonyl (C=O) groups is 2. The number of amides is 1. The molecule has 0 aromatic carbocycles. The van der Waals surface area contributed by atoms with Crippen molar-refractivity contribution in [2.75, 3.05) is 19.8 Å². The van der Waals surface area contributed by atoms with Crippen molar-refractivity contribution in [3.05, 3.63) is 0 Å². The molecule has 0 saturated carbocycles. The zero-order chi connectivity index (χ0) is 18.5. The van der Waals surface area contributed by atoms with Crippen molar-refractivity contribution in [3.8, 4) is 0 Å². The topological polar surface area (TPSA) is 87.1 Å². The second kappa shape index (κ2) is 13.1. The summed E-state index contributed by atoms with van der Waals surface area (Å²) < 4.78 is 5.38. The van der Waals surface area contributed by atoms with Gasteiger partial charge in [-0.3, -0.25) is 9.59 Å². The molecule has 0 aromatic heterocycles. The molecule has 0 spiro atoms. The monoisotopic (exact) mass is 357 g/mol. The first kappa shape index (κ1) is 21.9. The third-order valence-electron chi connectivity index (χ3n) is 4.72. The normalized spacial score (nSPS) is 19.2. The van der Waals surface area contributed by atoms with Crippen LogP contribution in [0, 0.1) is 0 Å². The molecule has 0 aromatic rings. The molecule has 0 aliphatic carbocycles. The molecule has 1 fully saturated rings. The van der Waals surface area contributed by atoms with Crippen molar-refractivity contribution < 1.29 is 24.5 Å². The predicted octanol–water partition coefficient (Wildman–Crippen LogP) is 2.97. The molecule has 1 saturated heterocycles. The molecule has 2 atom stereocenters. The first-order valence-corrected chi connectivity index (χ1v) is 9.81. The van der Waals surface area contributed by atoms with E-state index in [1.54, 1.807) is 0 Å². The molecule has 0 bridgehead atoms. The lowest BCUT2D eigenvalue weighted by Gasteiger charge is -2.36. The maximum atomic E-state index is 12.2. The number of hydrogen-bond acceptors (Lipinski definition) is 4. The lowest BCUT2D eigenvalue weighted by Crippen LogP contribution is -2.44. The van der Waals surface area contributed by atoms with Gasteiger partial charge in [-0.2, -0.15) is 0 Å². The van der Waals surface area contributed by atoms with Gasteiger partial charge in [-0.25, -0.2) is 0 Å². The zero-order valence-electron chi connectivity index (χ0n) is 15.6. The molecular weight excluding hydrogens is 322 g/mol. The summed E-state index contributed by atoms with van der Waals surface area (Å²) >= 11 is 0. The Bertz CT molecular complexity index is 388. The third kappa shape index (κ3) is 9.80. The number of aliphatic carboxylic acids is 1. The van der Waals surface area contributed by atoms with E-state index in [1.165, 1.54) is 0 Å². The summed E-state index contributed by atoms with van der Waals surface area (Å²) in [5.74, 6) is -0.522. The van der Waals surface area contributed by atoms with Gasteiger partial charge >= 0.3 is 5.97 Å². The van der Waals surface area contributed by atoms with Gasteiger partial charge in [-0.15, -0.1) is 0 Å². The van der Waals surface area contributed by atoms with Gasteiger partial charge in [0.15, 0.2) is 0 Å². The summed E-state index contributed by atoms with van der Waals surface area (Å²) in [5, 5.41) is 18.6. The van der Waals surface area contributed by atoms with Crippen LogP contribution in [-0.4, -0.2) is 58.9 Å². The molecular formula is C19H35NO5. The number of ether oxygens (including phenoxy) is 1. The van der Waals surface area contributed by atoms with Gasteiger partial charge in [-0.1, -0.05) is 19.8 Å². The van der Waals surface area contributed by atoms with Crippen LogP contribution < -0.4 is 0 Å². The van der Waals surface area contributed by atoms with Crippen LogP contribution in [0.15, 0.2) is 0 Å². The number of carbonyl (C=O) groups excluding carboxylic acids is 1. The predicted molar refractivity (Wildman–Crippen MR) is 96.4 cm³/mol. The maximum Gasteiger partial charge on any atom is 0.303 e. The van der Waals surface area contributed by atoms with Crippen molar-refractivity contribution in [1.29, 1.82) is 0 Å². The number of unbranched alkanes of at least 4 members (excludes halogenated alkanes) is 3. The van der Waals surface area contributed by atoms with Crippen molar-refractivity contribution in [2.45, 2.75) is 89.7 Å². The Balaban J connectivity index is 2.27. The Morgan fingerprint density at radius 3 is 2.80 bits per heavy atom. The van der Waals surface area contributed by atoms with E-state index in [2.05, 4.69) is 0 Å². The number of piperidine rings is 1. The number of rotatable bonds is 14. The van der Waals surface area contributed by atoms with Crippen LogP contribution >= 0.6 is 0 Å². The standard InChI is InChI=1S/C19H35NO5/c1-2-14-25-15-17(21)12-11-16-8-7-9-18(22)20(16)13-6-4-3-5-10-19(23)24/h16-17,21H,2-15H2,1H3,(H,23,24)/t16-,17?/m1/s1. The minimum atomic E-state index is -0.743. The molecule has 1 aliphatic rings. The molecule has 1 aliphatic heterocycles. The Labute approximate surface area is 151 Å². The van der Waals surface area contributed by atoms with E-state index >= 15 is 0 Å². The van der Waals surface area contributed by atoms with Crippen molar-refractivity contribution >= 4 is 11.9 Å². The van der Waals surface area contributed by atoms with E-state index in [-0.39, 0.29) is 18.4 Å². The number of aliphatic hydroxyl groups excluding tert-OH is 1. The van der Waals surface area contributed by atoms with E-state index in [9.17, 15) is 14.7 Å². The lowest BCUT2D eigenvalue weighted by atomic mass is 9.95. The third-order valence-corrected chi connectivity index (χ3v) is 4.72. The van der Waals surface area contributed by atoms with Crippen LogP contribution in [0.1, 0.15) is 77.6 Å². The van der Waals surface area contributed by atoms with E-state index in [1.807, 2.05) is 11.8 Å². The van der Waals surface area contributed by atoms with Crippen molar-refractivity contribution in [3.63, 3.8) is 0 Å². The molecule has 0 radical (unpaired) electrons. The fourth-order valence-corrected chi connectivity index (χ4v) is 3.34. The highest BCUT2D eigenvalue weighted by Crippen LogP contribution is 2.23. The summed E-state index contributed by atoms with van der Waals surface area (Å²) in [6.07, 6.45) is 8.24. The minimum absolute atomic E-state index is 0.221. The Morgan fingerprint density at radius 1 is 1.32 bits per heavy atom. The van der Waals surface area contributed by atoms with Crippen molar-refractivity contribution in [1.82, 2.24) is 4.90 Å². The molecule has 6 nitrogen and oxygen atoms in total. The highest BCUT2D eigenvalue weighted by atomic mass is 16.5. The van der Waals surface area contributed by atoms with Gasteiger partial charge in [-0.05, 0) is 44.9 Å². The van der Waals surface area contributed by atoms with Gasteiger partial charge in [0, 0.05) is 32.0 Å². The fourth-order valence-electron chi connectivity index (χ4n) is 3.34. The molecule has 1 amide bonds. The molecule has 1 rings (SSSR count). The Hall–Kier alpha value is -1.14. The number of carboxylic acids is 1. The largest absolute Gasteiger partial charge is 0.481 e. The number of nitrogens with zero attached hydrogens (tertiary/aromatic N) is 1. The van der Waals surface area contributed by atoms with Gasteiger partial charge in [0.05, 0.1) is 12.7 Å². The van der Waals surface area contributed by atoms with Gasteiger partial charge in [0.2, 0.25) is 5.91 Å². The molecule has 6 heteroatoms. The summed E-state index contributed by atoms with van der Waals surface area (Å²) in [6, 6.07) is 0.223. The second-order valence-electron chi connectivity index (χ2n) is 7.00. The summed E-state index contributed by atoms with van der Waals surface area (Å²) in [4.78, 5) is 24.7. The number of aliphatic hydroxyl groups is 1. The van der Waals surface area contributed by atoms with Crippen LogP contribution in [0.3, 0.4) is 0 Å². The van der Waals surface area contributed by atoms with Crippen LogP contribution in [0.5, 0.6) is 0 Å². The highest BCUT2D eigenvalue weighted by molar-refractivity contribution is 5.77. The molecule has 2 N–H and O–H groups in total. The van der Waals surface area contributed by atoms with Gasteiger partial charge in [0.1, 0.15) is 0 Å². The van der Waals surface area contributed by atoms with Crippen LogP contribution in [-0.2, 0) is 14.3 Å². The number of carboxylic acid groups (broad SMARTS) is 1. The lowest BCUT2D eigenvalue weighted by molar-refractivity contribution is -0.137. The van der Waals surface area contributed by atoms with E-state index in [0.717, 1.165) is 51.5 Å². The highest BCUT2D eigenvalue weighted by Gasteiger charge is 2.27. The maximum absolute atomic E-state index is 12.2. The molecule has 146 valence electrons.